The van der Waals surface area contributed by atoms with Crippen LogP contribution in [0.15, 0.2) is 45.3 Å². The second-order valence-corrected chi connectivity index (χ2v) is 8.72. The van der Waals surface area contributed by atoms with Crippen LogP contribution in [0.25, 0.3) is 10.8 Å². The Morgan fingerprint density at radius 2 is 1.93 bits per heavy atom. The van der Waals surface area contributed by atoms with Crippen molar-refractivity contribution >= 4 is 23.1 Å². The minimum atomic E-state index is -0.130. The van der Waals surface area contributed by atoms with Crippen LogP contribution < -0.4 is 10.6 Å². The Bertz CT molecular complexity index is 1090. The molecule has 4 rings (SSSR count). The van der Waals surface area contributed by atoms with Gasteiger partial charge in [-0.1, -0.05) is 36.0 Å². The highest BCUT2D eigenvalue weighted by Gasteiger charge is 2.21. The number of para-hydroxylation sites is 1. The molecular weight excluding hydrogens is 408 g/mol. The Kier molecular flexibility index (Phi) is 5.54. The molecule has 0 bridgehead atoms. The molecule has 4 aromatic rings. The first-order valence-corrected chi connectivity index (χ1v) is 10.7. The molecule has 150 valence electrons. The van der Waals surface area contributed by atoms with Gasteiger partial charge in [-0.05, 0) is 43.3 Å². The minimum Gasteiger partial charge on any atom is -0.485 e. The molecule has 3 heterocycles. The summed E-state index contributed by atoms with van der Waals surface area (Å²) < 4.78 is 13.2. The Balaban J connectivity index is 1.43. The fourth-order valence-electron chi connectivity index (χ4n) is 2.76. The first-order chi connectivity index (χ1) is 14.0. The van der Waals surface area contributed by atoms with Crippen LogP contribution in [-0.2, 0) is 6.61 Å². The highest BCUT2D eigenvalue weighted by atomic mass is 32.2. The highest BCUT2D eigenvalue weighted by molar-refractivity contribution is 7.99. The van der Waals surface area contributed by atoms with Crippen LogP contribution >= 0.6 is 23.1 Å². The fourth-order valence-corrected chi connectivity index (χ4v) is 4.22. The molecule has 29 heavy (non-hydrogen) atoms. The van der Waals surface area contributed by atoms with Gasteiger partial charge in [0.25, 0.3) is 5.89 Å². The molecule has 0 radical (unpaired) electrons. The standard InChI is InChI=1S/C19H20N6O2S2/c1-11-6-4-7-12(2)16(11)26-10-15-21-24-19(25(15)20)29-13(3)17-22-23-18(27-17)14-8-5-9-28-14/h4-9,13H,10,20H2,1-3H3. The number of aromatic nitrogens is 5. The SMILES string of the molecule is Cc1cccc(C)c1OCc1nnc(SC(C)c2nnc(-c3cccs3)o2)n1N. The third-order valence-electron chi connectivity index (χ3n) is 4.29. The topological polar surface area (TPSA) is 105 Å². The summed E-state index contributed by atoms with van der Waals surface area (Å²) >= 11 is 2.95. The van der Waals surface area contributed by atoms with E-state index in [9.17, 15) is 0 Å². The summed E-state index contributed by atoms with van der Waals surface area (Å²) in [6.07, 6.45) is 0. The second-order valence-electron chi connectivity index (χ2n) is 6.46. The number of rotatable bonds is 7. The lowest BCUT2D eigenvalue weighted by Crippen LogP contribution is -2.16. The number of aryl methyl sites for hydroxylation is 2. The van der Waals surface area contributed by atoms with E-state index in [4.69, 9.17) is 15.0 Å². The molecule has 1 aromatic carbocycles. The number of nitrogens with zero attached hydrogens (tertiary/aromatic N) is 5. The fraction of sp³-hybridized carbons (Fsp3) is 0.263. The Morgan fingerprint density at radius 1 is 1.14 bits per heavy atom. The van der Waals surface area contributed by atoms with Gasteiger partial charge in [0.15, 0.2) is 5.82 Å². The van der Waals surface area contributed by atoms with Crippen LogP contribution in [0.5, 0.6) is 5.75 Å². The molecule has 1 unspecified atom stereocenters. The summed E-state index contributed by atoms with van der Waals surface area (Å²) in [6, 6.07) is 9.90. The molecule has 2 N–H and O–H groups in total. The summed E-state index contributed by atoms with van der Waals surface area (Å²) in [5.74, 6) is 8.57. The summed E-state index contributed by atoms with van der Waals surface area (Å²) in [5.41, 5.74) is 2.13. The first-order valence-electron chi connectivity index (χ1n) is 8.95. The van der Waals surface area contributed by atoms with Crippen molar-refractivity contribution in [2.24, 2.45) is 0 Å². The molecule has 3 aromatic heterocycles. The third-order valence-corrected chi connectivity index (χ3v) is 6.19. The van der Waals surface area contributed by atoms with Gasteiger partial charge < -0.3 is 15.0 Å². The van der Waals surface area contributed by atoms with Gasteiger partial charge in [-0.25, -0.2) is 4.68 Å². The summed E-state index contributed by atoms with van der Waals surface area (Å²) in [7, 11) is 0. The van der Waals surface area contributed by atoms with Gasteiger partial charge in [0.1, 0.15) is 12.4 Å². The zero-order valence-corrected chi connectivity index (χ0v) is 17.8. The van der Waals surface area contributed by atoms with E-state index in [1.807, 2.05) is 56.5 Å². The first kappa shape index (κ1) is 19.5. The predicted molar refractivity (Wildman–Crippen MR) is 112 cm³/mol. The van der Waals surface area contributed by atoms with Gasteiger partial charge in [-0.3, -0.25) is 0 Å². The number of nitrogen functional groups attached to an aromatic ring is 1. The molecule has 0 amide bonds. The van der Waals surface area contributed by atoms with Crippen molar-refractivity contribution < 1.29 is 9.15 Å². The van der Waals surface area contributed by atoms with E-state index in [0.29, 0.717) is 22.8 Å². The molecule has 0 aliphatic rings. The molecule has 0 fully saturated rings. The normalized spacial score (nSPS) is 12.2. The summed E-state index contributed by atoms with van der Waals surface area (Å²) in [5, 5.41) is 19.0. The largest absolute Gasteiger partial charge is 0.485 e. The molecule has 8 nitrogen and oxygen atoms in total. The number of benzene rings is 1. The Hall–Kier alpha value is -2.85. The molecule has 0 saturated heterocycles. The van der Waals surface area contributed by atoms with E-state index in [2.05, 4.69) is 20.4 Å². The van der Waals surface area contributed by atoms with Crippen LogP contribution in [0.3, 0.4) is 0 Å². The lowest BCUT2D eigenvalue weighted by Gasteiger charge is -2.11. The van der Waals surface area contributed by atoms with Gasteiger partial charge in [0, 0.05) is 0 Å². The zero-order valence-electron chi connectivity index (χ0n) is 16.2. The third kappa shape index (κ3) is 4.13. The molecule has 0 saturated carbocycles. The number of ether oxygens (including phenoxy) is 1. The van der Waals surface area contributed by atoms with Crippen LogP contribution in [0.2, 0.25) is 0 Å². The zero-order chi connectivity index (χ0) is 20.4. The second kappa shape index (κ2) is 8.26. The van der Waals surface area contributed by atoms with E-state index < -0.39 is 0 Å². The van der Waals surface area contributed by atoms with Crippen molar-refractivity contribution in [1.82, 2.24) is 25.1 Å². The van der Waals surface area contributed by atoms with Crippen LogP contribution in [-0.4, -0.2) is 25.1 Å². The number of hydrogen-bond donors (Lipinski definition) is 1. The number of thioether (sulfide) groups is 1. The quantitative estimate of drug-likeness (QED) is 0.346. The van der Waals surface area contributed by atoms with Crippen molar-refractivity contribution in [1.29, 1.82) is 0 Å². The minimum absolute atomic E-state index is 0.130. The van der Waals surface area contributed by atoms with Crippen molar-refractivity contribution in [3.05, 3.63) is 58.6 Å². The molecular formula is C19H20N6O2S2. The van der Waals surface area contributed by atoms with Gasteiger partial charge in [0.05, 0.1) is 10.1 Å². The van der Waals surface area contributed by atoms with Crippen molar-refractivity contribution in [3.8, 4) is 16.5 Å². The molecule has 10 heteroatoms. The highest BCUT2D eigenvalue weighted by Crippen LogP contribution is 2.34. The van der Waals surface area contributed by atoms with Gasteiger partial charge in [0.2, 0.25) is 11.0 Å². The van der Waals surface area contributed by atoms with E-state index >= 15 is 0 Å². The molecule has 1 atom stereocenters. The molecule has 0 aliphatic heterocycles. The van der Waals surface area contributed by atoms with Crippen LogP contribution in [0.4, 0.5) is 0 Å². The molecule has 0 spiro atoms. The smallest absolute Gasteiger partial charge is 0.257 e. The predicted octanol–water partition coefficient (Wildman–Crippen LogP) is 4.15. The van der Waals surface area contributed by atoms with Gasteiger partial charge in [-0.2, -0.15) is 0 Å². The lowest BCUT2D eigenvalue weighted by atomic mass is 10.1. The number of nitrogens with two attached hydrogens (primary N) is 1. The van der Waals surface area contributed by atoms with Crippen LogP contribution in [0.1, 0.15) is 35.0 Å². The van der Waals surface area contributed by atoms with Crippen molar-refractivity contribution in [2.75, 3.05) is 5.84 Å². The molecule has 0 aliphatic carbocycles. The monoisotopic (exact) mass is 428 g/mol. The maximum atomic E-state index is 6.18. The number of thiophene rings is 1. The van der Waals surface area contributed by atoms with Crippen molar-refractivity contribution in [3.63, 3.8) is 0 Å². The summed E-state index contributed by atoms with van der Waals surface area (Å²) in [4.78, 5) is 0.939. The average Bonchev–Trinajstić information content (AvgIpc) is 3.44. The van der Waals surface area contributed by atoms with Gasteiger partial charge >= 0.3 is 0 Å². The summed E-state index contributed by atoms with van der Waals surface area (Å²) in [6.45, 7) is 6.20. The maximum absolute atomic E-state index is 6.18. The van der Waals surface area contributed by atoms with Crippen molar-refractivity contribution in [2.45, 2.75) is 37.8 Å². The van der Waals surface area contributed by atoms with E-state index in [1.54, 1.807) is 11.3 Å². The van der Waals surface area contributed by atoms with Crippen LogP contribution in [0, 0.1) is 13.8 Å². The van der Waals surface area contributed by atoms with Gasteiger partial charge in [-0.15, -0.1) is 31.7 Å². The van der Waals surface area contributed by atoms with E-state index in [0.717, 1.165) is 21.8 Å². The average molecular weight is 429 g/mol. The number of hydrogen-bond acceptors (Lipinski definition) is 9. The maximum Gasteiger partial charge on any atom is 0.257 e. The Morgan fingerprint density at radius 3 is 2.66 bits per heavy atom. The Labute approximate surface area is 176 Å². The lowest BCUT2D eigenvalue weighted by molar-refractivity contribution is 0.288. The van der Waals surface area contributed by atoms with E-state index in [-0.39, 0.29) is 11.9 Å². The van der Waals surface area contributed by atoms with E-state index in [1.165, 1.54) is 16.4 Å².